The minimum atomic E-state index is -2.18. The number of fused-ring (bicyclic) bond motifs is 4. The fraction of sp³-hybridized carbons (Fsp3) is 0.375. The first kappa shape index (κ1) is 46.4. The lowest BCUT2D eigenvalue weighted by atomic mass is 9.79. The van der Waals surface area contributed by atoms with Gasteiger partial charge in [-0.25, -0.2) is 9.59 Å². The summed E-state index contributed by atoms with van der Waals surface area (Å²) in [5, 5.41) is 25.2. The van der Waals surface area contributed by atoms with Crippen LogP contribution in [0.3, 0.4) is 0 Å². The number of alkyl carbamates (subject to hydrolysis) is 1. The first-order chi connectivity index (χ1) is 30.3. The van der Waals surface area contributed by atoms with E-state index in [1.165, 1.54) is 20.0 Å². The van der Waals surface area contributed by atoms with E-state index in [2.05, 4.69) is 10.6 Å². The minimum absolute atomic E-state index is 0.00756. The van der Waals surface area contributed by atoms with Crippen molar-refractivity contribution in [3.8, 4) is 11.1 Å². The zero-order valence-corrected chi connectivity index (χ0v) is 36.2. The molecule has 0 saturated carbocycles. The van der Waals surface area contributed by atoms with Gasteiger partial charge < -0.3 is 40.0 Å². The summed E-state index contributed by atoms with van der Waals surface area (Å²) < 4.78 is 16.6. The molecule has 14 nitrogen and oxygen atoms in total. The van der Waals surface area contributed by atoms with Crippen molar-refractivity contribution in [1.29, 1.82) is 0 Å². The summed E-state index contributed by atoms with van der Waals surface area (Å²) in [5.74, 6) is -4.25. The van der Waals surface area contributed by atoms with Crippen LogP contribution in [0.4, 0.5) is 4.79 Å². The Morgan fingerprint density at radius 3 is 2.17 bits per heavy atom. The van der Waals surface area contributed by atoms with Gasteiger partial charge >= 0.3 is 18.0 Å². The second-order valence-electron chi connectivity index (χ2n) is 15.8. The van der Waals surface area contributed by atoms with Gasteiger partial charge in [0.1, 0.15) is 19.3 Å². The van der Waals surface area contributed by atoms with Crippen molar-refractivity contribution < 1.29 is 53.2 Å². The van der Waals surface area contributed by atoms with Crippen molar-refractivity contribution in [2.75, 3.05) is 19.8 Å². The van der Waals surface area contributed by atoms with Crippen LogP contribution in [0.5, 0.6) is 0 Å². The van der Waals surface area contributed by atoms with Crippen molar-refractivity contribution in [2.45, 2.75) is 95.6 Å². The van der Waals surface area contributed by atoms with E-state index in [4.69, 9.17) is 25.8 Å². The van der Waals surface area contributed by atoms with Gasteiger partial charge in [0.2, 0.25) is 23.1 Å². The molecule has 2 amide bonds. The average Bonchev–Trinajstić information content (AvgIpc) is 3.60. The number of amides is 2. The molecule has 63 heavy (non-hydrogen) atoms. The molecule has 2 aliphatic carbocycles. The molecule has 4 atom stereocenters. The normalized spacial score (nSPS) is 18.2. The van der Waals surface area contributed by atoms with Gasteiger partial charge in [-0.1, -0.05) is 97.4 Å². The Balaban J connectivity index is 1.21. The van der Waals surface area contributed by atoms with Crippen LogP contribution in [0.15, 0.2) is 113 Å². The maximum Gasteiger partial charge on any atom is 0.407 e. The minimum Gasteiger partial charge on any atom is -0.459 e. The van der Waals surface area contributed by atoms with Gasteiger partial charge in [-0.3, -0.25) is 19.2 Å². The van der Waals surface area contributed by atoms with E-state index in [1.807, 2.05) is 54.6 Å². The highest BCUT2D eigenvalue weighted by Crippen LogP contribution is 2.45. The fourth-order valence-corrected chi connectivity index (χ4v) is 8.25. The molecule has 0 bridgehead atoms. The number of ketones is 2. The number of aliphatic hydroxyl groups is 2. The fourth-order valence-electron chi connectivity index (χ4n) is 7.92. The molecule has 4 N–H and O–H groups in total. The zero-order valence-electron chi connectivity index (χ0n) is 35.4. The largest absolute Gasteiger partial charge is 0.459 e. The Labute approximate surface area is 370 Å². The molecule has 3 aliphatic rings. The van der Waals surface area contributed by atoms with Crippen LogP contribution < -0.4 is 10.6 Å². The van der Waals surface area contributed by atoms with Crippen molar-refractivity contribution in [1.82, 2.24) is 15.5 Å². The Bertz CT molecular complexity index is 2280. The standard InChI is InChI=1S/C48H52ClN3O11/c1-4-14-40(55)63-48(3)43(56)37-26-52(31(17-13-24-53)25-36(37)41(49)44(48)57)23-12-22-39(45(58)51-42(29(2)54)46(59)61-27-30-15-6-5-7-16-30)50-47(60)62-28-38-34-20-10-8-18-32(34)33-19-9-11-21-35(33)38/h5-11,15-16,18-21,25-26,29,38-39,42,53-54H,4,12-14,17,22-24,27-28H2,1-3H3,(H,50,60)(H,51,58)/t29-,39+,42+,48+/m1/s1. The predicted molar refractivity (Wildman–Crippen MR) is 233 cm³/mol. The molecule has 0 fully saturated rings. The number of esters is 2. The third kappa shape index (κ3) is 10.6. The number of halogens is 1. The summed E-state index contributed by atoms with van der Waals surface area (Å²) in [7, 11) is 0. The highest BCUT2D eigenvalue weighted by atomic mass is 35.5. The number of allylic oxidation sites excluding steroid dienone is 3. The van der Waals surface area contributed by atoms with Gasteiger partial charge in [0.05, 0.1) is 11.1 Å². The number of hydrogen-bond donors (Lipinski definition) is 4. The topological polar surface area (TPSA) is 198 Å². The Hall–Kier alpha value is -6.09. The van der Waals surface area contributed by atoms with Crippen LogP contribution in [0.1, 0.15) is 81.9 Å². The molecule has 0 radical (unpaired) electrons. The summed E-state index contributed by atoms with van der Waals surface area (Å²) in [6.45, 7) is 4.19. The summed E-state index contributed by atoms with van der Waals surface area (Å²) in [4.78, 5) is 82.5. The molecule has 3 aromatic rings. The Morgan fingerprint density at radius 2 is 1.54 bits per heavy atom. The van der Waals surface area contributed by atoms with Crippen molar-refractivity contribution >= 4 is 47.1 Å². The van der Waals surface area contributed by atoms with E-state index in [-0.39, 0.29) is 67.7 Å². The number of benzene rings is 3. The van der Waals surface area contributed by atoms with Crippen LogP contribution in [0, 0.1) is 0 Å². The molecule has 0 aromatic heterocycles. The van der Waals surface area contributed by atoms with Crippen LogP contribution >= 0.6 is 11.6 Å². The van der Waals surface area contributed by atoms with Crippen LogP contribution in [0.25, 0.3) is 11.1 Å². The third-order valence-corrected chi connectivity index (χ3v) is 11.6. The molecular formula is C48H52ClN3O11. The van der Waals surface area contributed by atoms with Gasteiger partial charge in [-0.05, 0) is 79.8 Å². The third-order valence-electron chi connectivity index (χ3n) is 11.3. The van der Waals surface area contributed by atoms with Gasteiger partial charge in [0.15, 0.2) is 6.04 Å². The highest BCUT2D eigenvalue weighted by Gasteiger charge is 2.52. The Morgan fingerprint density at radius 1 is 0.889 bits per heavy atom. The monoisotopic (exact) mass is 881 g/mol. The lowest BCUT2D eigenvalue weighted by Crippen LogP contribution is -2.55. The number of nitrogens with zero attached hydrogens (tertiary/aromatic N) is 1. The van der Waals surface area contributed by atoms with Gasteiger partial charge in [0.25, 0.3) is 0 Å². The number of aliphatic hydroxyl groups excluding tert-OH is 2. The molecule has 332 valence electrons. The van der Waals surface area contributed by atoms with E-state index >= 15 is 0 Å². The summed E-state index contributed by atoms with van der Waals surface area (Å²) in [5.41, 5.74) is 3.40. The van der Waals surface area contributed by atoms with E-state index in [0.29, 0.717) is 30.5 Å². The molecule has 0 saturated heterocycles. The molecule has 3 aromatic carbocycles. The molecule has 6 rings (SSSR count). The molecule has 0 spiro atoms. The number of carbonyl (C=O) groups is 6. The van der Waals surface area contributed by atoms with Gasteiger partial charge in [-0.15, -0.1) is 0 Å². The molecular weight excluding hydrogens is 830 g/mol. The van der Waals surface area contributed by atoms with Crippen molar-refractivity contribution in [3.05, 3.63) is 130 Å². The first-order valence-corrected chi connectivity index (χ1v) is 21.5. The average molecular weight is 882 g/mol. The first-order valence-electron chi connectivity index (χ1n) is 21.1. The van der Waals surface area contributed by atoms with Crippen LogP contribution in [-0.2, 0) is 44.8 Å². The second kappa shape index (κ2) is 20.9. The smallest absolute Gasteiger partial charge is 0.407 e. The molecule has 0 unspecified atom stereocenters. The summed E-state index contributed by atoms with van der Waals surface area (Å²) in [6, 6.07) is 21.8. The summed E-state index contributed by atoms with van der Waals surface area (Å²) in [6.07, 6.45) is 2.10. The number of nitrogens with one attached hydrogen (secondary N) is 2. The maximum atomic E-state index is 14.0. The highest BCUT2D eigenvalue weighted by molar-refractivity contribution is 6.49. The second-order valence-corrected chi connectivity index (χ2v) is 16.2. The number of Topliss-reactive ketones (excluding diaryl/α,β-unsaturated/α-hetero) is 2. The maximum absolute atomic E-state index is 14.0. The zero-order chi connectivity index (χ0) is 45.3. The quantitative estimate of drug-likeness (QED) is 0.0635. The lowest BCUT2D eigenvalue weighted by molar-refractivity contribution is -0.169. The molecule has 1 heterocycles. The van der Waals surface area contributed by atoms with E-state index < -0.39 is 59.3 Å². The van der Waals surface area contributed by atoms with Gasteiger partial charge in [0, 0.05) is 48.5 Å². The number of ether oxygens (including phenoxy) is 3. The SMILES string of the molecule is CCCC(=O)O[C@@]1(C)C(=O)C2=CN(CCC[C@H](NC(=O)OCC3c4ccccc4-c4ccccc43)C(=O)N[C@H](C(=O)OCc3ccccc3)[C@@H](C)O)C(CCCO)=CC2=C(Cl)C1=O. The van der Waals surface area contributed by atoms with E-state index in [1.54, 1.807) is 42.2 Å². The predicted octanol–water partition coefficient (Wildman–Crippen LogP) is 5.89. The van der Waals surface area contributed by atoms with Crippen molar-refractivity contribution in [2.24, 2.45) is 0 Å². The van der Waals surface area contributed by atoms with Crippen molar-refractivity contribution in [3.63, 3.8) is 0 Å². The van der Waals surface area contributed by atoms with E-state index in [0.717, 1.165) is 22.3 Å². The van der Waals surface area contributed by atoms with Crippen LogP contribution in [-0.4, -0.2) is 94.2 Å². The number of rotatable bonds is 19. The van der Waals surface area contributed by atoms with Gasteiger partial charge in [-0.2, -0.15) is 0 Å². The number of carbonyl (C=O) groups excluding carboxylic acids is 6. The Kier molecular flexibility index (Phi) is 15.4. The molecule has 1 aliphatic heterocycles. The lowest BCUT2D eigenvalue weighted by Gasteiger charge is -2.36. The summed E-state index contributed by atoms with van der Waals surface area (Å²) >= 11 is 6.57. The van der Waals surface area contributed by atoms with E-state index in [9.17, 15) is 39.0 Å². The molecule has 15 heteroatoms. The number of hydrogen-bond acceptors (Lipinski definition) is 12. The van der Waals surface area contributed by atoms with Crippen LogP contribution in [0.2, 0.25) is 0 Å².